The molecule has 150 valence electrons. The number of rotatable bonds is 7. The Bertz CT molecular complexity index is 921. The Balaban J connectivity index is 2.05. The van der Waals surface area contributed by atoms with Crippen LogP contribution in [0.4, 0.5) is 0 Å². The van der Waals surface area contributed by atoms with Gasteiger partial charge in [-0.15, -0.1) is 0 Å². The van der Waals surface area contributed by atoms with Crippen LogP contribution in [-0.4, -0.2) is 26.2 Å². The van der Waals surface area contributed by atoms with Gasteiger partial charge in [0.25, 0.3) is 0 Å². The van der Waals surface area contributed by atoms with Crippen molar-refractivity contribution in [3.63, 3.8) is 0 Å². The van der Waals surface area contributed by atoms with Crippen molar-refractivity contribution in [2.45, 2.75) is 0 Å². The highest BCUT2D eigenvalue weighted by molar-refractivity contribution is 8.85. The van der Waals surface area contributed by atoms with Gasteiger partial charge in [0.1, 0.15) is 21.0 Å². The Morgan fingerprint density at radius 2 is 1.50 bits per heavy atom. The molecular formula is C18H17ClO7S2. The fraction of sp³-hybridized carbons (Fsp3) is 0.167. The molecule has 10 heteroatoms. The summed E-state index contributed by atoms with van der Waals surface area (Å²) < 4.78 is 54.3. The molecule has 7 nitrogen and oxygen atoms in total. The highest BCUT2D eigenvalue weighted by Gasteiger charge is 2.32. The van der Waals surface area contributed by atoms with Crippen LogP contribution >= 0.6 is 20.6 Å². The van der Waals surface area contributed by atoms with Crippen LogP contribution in [0.2, 0.25) is 0 Å². The Morgan fingerprint density at radius 3 is 2.07 bits per heavy atom. The minimum absolute atomic E-state index is 0.475. The van der Waals surface area contributed by atoms with Crippen molar-refractivity contribution < 1.29 is 42.2 Å². The van der Waals surface area contributed by atoms with Crippen LogP contribution < -0.4 is 28.2 Å². The molecule has 0 saturated heterocycles. The topological polar surface area (TPSA) is 106 Å². The van der Waals surface area contributed by atoms with Crippen molar-refractivity contribution in [2.75, 3.05) is 21.3 Å². The van der Waals surface area contributed by atoms with Gasteiger partial charge >= 0.3 is 0 Å². The predicted octanol–water partition coefficient (Wildman–Crippen LogP) is 1.03. The summed E-state index contributed by atoms with van der Waals surface area (Å²) >= 11 is 0. The van der Waals surface area contributed by atoms with E-state index in [0.717, 1.165) is 21.3 Å². The Hall–Kier alpha value is -1.72. The number of hydrogen-bond acceptors (Lipinski definition) is 8. The molecule has 1 aliphatic rings. The summed E-state index contributed by atoms with van der Waals surface area (Å²) in [7, 11) is -0.213. The first kappa shape index (κ1) is 21.0. The van der Waals surface area contributed by atoms with Gasteiger partial charge in [0, 0.05) is 16.5 Å². The fourth-order valence-electron chi connectivity index (χ4n) is 2.49. The van der Waals surface area contributed by atoms with Gasteiger partial charge in [-0.05, 0) is 46.7 Å². The van der Waals surface area contributed by atoms with E-state index in [1.807, 2.05) is 12.1 Å². The van der Waals surface area contributed by atoms with E-state index in [1.54, 1.807) is 43.5 Å². The number of methoxy groups -OCH3 is 3. The number of ether oxygens (including phenoxy) is 3. The van der Waals surface area contributed by atoms with Crippen molar-refractivity contribution in [1.82, 2.24) is 0 Å². The molecule has 28 heavy (non-hydrogen) atoms. The van der Waals surface area contributed by atoms with Crippen LogP contribution in [0.25, 0.3) is 4.91 Å². The van der Waals surface area contributed by atoms with Crippen molar-refractivity contribution in [2.24, 2.45) is 0 Å². The van der Waals surface area contributed by atoms with Crippen molar-refractivity contribution in [3.05, 3.63) is 59.7 Å². The third-order valence-electron chi connectivity index (χ3n) is 3.79. The van der Waals surface area contributed by atoms with Crippen LogP contribution in [0.3, 0.4) is 0 Å². The third kappa shape index (κ3) is 4.81. The largest absolute Gasteiger partial charge is 0.497 e. The summed E-state index contributed by atoms with van der Waals surface area (Å²) in [6.07, 6.45) is 1.79. The van der Waals surface area contributed by atoms with E-state index in [1.165, 1.54) is 14.2 Å². The molecule has 2 aromatic rings. The quantitative estimate of drug-likeness (QED) is 0.460. The average molecular weight is 445 g/mol. The van der Waals surface area contributed by atoms with Gasteiger partial charge in [0.2, 0.25) is 0 Å². The molecule has 1 unspecified atom stereocenters. The van der Waals surface area contributed by atoms with Crippen molar-refractivity contribution in [1.29, 1.82) is 0 Å². The maximum atomic E-state index is 11.2. The zero-order chi connectivity index (χ0) is 20.3. The molecular weight excluding hydrogens is 428 g/mol. The number of halogens is 1. The van der Waals surface area contributed by atoms with Crippen molar-refractivity contribution >= 4 is 30.4 Å². The number of benzene rings is 2. The first-order chi connectivity index (χ1) is 13.3. The van der Waals surface area contributed by atoms with E-state index in [4.69, 9.17) is 17.9 Å². The lowest BCUT2D eigenvalue weighted by atomic mass is 10.1. The van der Waals surface area contributed by atoms with E-state index >= 15 is 0 Å². The van der Waals surface area contributed by atoms with Gasteiger partial charge in [0.15, 0.2) is 9.80 Å². The molecule has 0 spiro atoms. The molecule has 3 rings (SSSR count). The summed E-state index contributed by atoms with van der Waals surface area (Å²) in [6.45, 7) is 0. The molecule has 0 N–H and O–H groups in total. The molecule has 0 aliphatic carbocycles. The minimum atomic E-state index is -4.60. The Kier molecular flexibility index (Phi) is 6.56. The SMILES string of the molecule is COc1ccc(C2=CC(c3ccc(OC)cc3OC)=S(O[Cl+3]([O-])([O-])[O-])S2)cc1. The number of hydrogen-bond donors (Lipinski definition) is 0. The minimum Gasteiger partial charge on any atom is -0.497 e. The standard InChI is InChI=1S/C18H17ClO7S2/c1-23-13-6-4-12(5-7-13)17-11-18(28(27-17)26-19(20,21)22)15-9-8-14(24-2)10-16(15)25-3/h4-11H,1-3H3. The maximum absolute atomic E-state index is 11.2. The molecule has 1 aliphatic heterocycles. The van der Waals surface area contributed by atoms with Gasteiger partial charge in [-0.2, -0.15) is 14.0 Å². The molecule has 0 saturated carbocycles. The van der Waals surface area contributed by atoms with Crippen LogP contribution in [0, 0.1) is 10.2 Å². The van der Waals surface area contributed by atoms with Gasteiger partial charge in [0.05, 0.1) is 36.4 Å². The maximum Gasteiger partial charge on any atom is 0.180 e. The Labute approximate surface area is 170 Å². The zero-order valence-corrected chi connectivity index (χ0v) is 17.6. The molecule has 0 amide bonds. The second kappa shape index (κ2) is 8.75. The van der Waals surface area contributed by atoms with Crippen LogP contribution in [0.5, 0.6) is 17.2 Å². The van der Waals surface area contributed by atoms with E-state index < -0.39 is 20.0 Å². The second-order valence-corrected chi connectivity index (χ2v) is 9.61. The fourth-order valence-corrected chi connectivity index (χ4v) is 7.12. The van der Waals surface area contributed by atoms with Gasteiger partial charge in [-0.25, -0.2) is 0 Å². The van der Waals surface area contributed by atoms with Crippen LogP contribution in [0.15, 0.2) is 48.5 Å². The van der Waals surface area contributed by atoms with E-state index in [0.29, 0.717) is 27.7 Å². The van der Waals surface area contributed by atoms with E-state index in [2.05, 4.69) is 0 Å². The summed E-state index contributed by atoms with van der Waals surface area (Å²) in [5.41, 5.74) is 1.45. The molecule has 1 heterocycles. The van der Waals surface area contributed by atoms with E-state index in [-0.39, 0.29) is 0 Å². The zero-order valence-electron chi connectivity index (χ0n) is 15.2. The monoisotopic (exact) mass is 444 g/mol. The summed E-state index contributed by atoms with van der Waals surface area (Å²) in [5.74, 6) is 1.76. The lowest BCUT2D eigenvalue weighted by molar-refractivity contribution is -1.91. The van der Waals surface area contributed by atoms with E-state index in [9.17, 15) is 14.0 Å². The van der Waals surface area contributed by atoms with Gasteiger partial charge < -0.3 is 14.2 Å². The molecule has 2 aromatic carbocycles. The highest BCUT2D eigenvalue weighted by Crippen LogP contribution is 2.52. The predicted molar refractivity (Wildman–Crippen MR) is 101 cm³/mol. The smallest absolute Gasteiger partial charge is 0.180 e. The van der Waals surface area contributed by atoms with Gasteiger partial charge in [-0.3, -0.25) is 0 Å². The first-order valence-electron chi connectivity index (χ1n) is 7.83. The highest BCUT2D eigenvalue weighted by atomic mass is 35.7. The molecule has 0 aromatic heterocycles. The van der Waals surface area contributed by atoms with Gasteiger partial charge in [-0.1, -0.05) is 12.1 Å². The summed E-state index contributed by atoms with van der Waals surface area (Å²) in [6, 6.07) is 12.4. The van der Waals surface area contributed by atoms with Crippen LogP contribution in [-0.2, 0) is 3.74 Å². The van der Waals surface area contributed by atoms with Crippen molar-refractivity contribution in [3.8, 4) is 17.2 Å². The lowest BCUT2D eigenvalue weighted by Gasteiger charge is -2.14. The molecule has 0 fully saturated rings. The second-order valence-electron chi connectivity index (χ2n) is 5.43. The molecule has 0 radical (unpaired) electrons. The number of allylic oxidation sites excluding steroid dienone is 1. The molecule has 0 bridgehead atoms. The van der Waals surface area contributed by atoms with Crippen LogP contribution in [0.1, 0.15) is 11.1 Å². The normalized spacial score (nSPS) is 16.7. The average Bonchev–Trinajstić information content (AvgIpc) is 3.09. The summed E-state index contributed by atoms with van der Waals surface area (Å²) in [5, 5.41) is 0. The summed E-state index contributed by atoms with van der Waals surface area (Å²) in [4.78, 5) is 1.29. The molecule has 1 atom stereocenters. The third-order valence-corrected chi connectivity index (χ3v) is 8.24. The lowest BCUT2D eigenvalue weighted by Crippen LogP contribution is -2.60. The Morgan fingerprint density at radius 1 is 0.857 bits per heavy atom. The first-order valence-corrected chi connectivity index (χ1v) is 11.6.